The summed E-state index contributed by atoms with van der Waals surface area (Å²) in [6.07, 6.45) is 0. The van der Waals surface area contributed by atoms with Gasteiger partial charge in [0, 0.05) is 32.9 Å². The van der Waals surface area contributed by atoms with Crippen LogP contribution in [-0.4, -0.2) is 9.13 Å². The number of para-hydroxylation sites is 2. The summed E-state index contributed by atoms with van der Waals surface area (Å²) in [4.78, 5) is 0. The van der Waals surface area contributed by atoms with Crippen molar-refractivity contribution in [2.45, 2.75) is 0 Å². The maximum Gasteiger partial charge on any atom is 0.0548 e. The highest BCUT2D eigenvalue weighted by Crippen LogP contribution is 2.41. The van der Waals surface area contributed by atoms with Gasteiger partial charge in [-0.1, -0.05) is 164 Å². The van der Waals surface area contributed by atoms with Gasteiger partial charge in [-0.05, 0) is 99.1 Å². The summed E-state index contributed by atoms with van der Waals surface area (Å²) in [6, 6.07) is 79.5. The molecular formula is C54H36N2. The van der Waals surface area contributed by atoms with Crippen molar-refractivity contribution in [3.8, 4) is 55.9 Å². The first kappa shape index (κ1) is 32.0. The van der Waals surface area contributed by atoms with Gasteiger partial charge in [-0.3, -0.25) is 0 Å². The highest BCUT2D eigenvalue weighted by Gasteiger charge is 2.19. The summed E-state index contributed by atoms with van der Waals surface area (Å²) in [5.74, 6) is 0. The standard InChI is InChI=1S/C54H36N2/c1-4-15-37(16-5-1)40-27-29-41(30-28-40)42-21-14-22-45(32-42)55-51-25-12-10-23-47(51)49-36-54-50(35-53(49)55)48-24-11-13-26-52(48)56(54)46-33-43(38-17-6-2-7-18-38)31-44(34-46)39-19-8-3-9-20-39/h1-36H. The Morgan fingerprint density at radius 2 is 0.571 bits per heavy atom. The Morgan fingerprint density at radius 1 is 0.196 bits per heavy atom. The van der Waals surface area contributed by atoms with E-state index in [-0.39, 0.29) is 0 Å². The number of rotatable bonds is 6. The zero-order valence-electron chi connectivity index (χ0n) is 30.7. The molecule has 0 saturated carbocycles. The number of hydrogen-bond donors (Lipinski definition) is 0. The number of fused-ring (bicyclic) bond motifs is 6. The van der Waals surface area contributed by atoms with Gasteiger partial charge in [0.05, 0.1) is 22.1 Å². The van der Waals surface area contributed by atoms with Crippen LogP contribution >= 0.6 is 0 Å². The molecule has 0 N–H and O–H groups in total. The lowest BCUT2D eigenvalue weighted by atomic mass is 9.98. The molecule has 2 heteroatoms. The average Bonchev–Trinajstić information content (AvgIpc) is 3.78. The monoisotopic (exact) mass is 712 g/mol. The minimum absolute atomic E-state index is 1.14. The molecular weight excluding hydrogens is 677 g/mol. The third-order valence-corrected chi connectivity index (χ3v) is 11.3. The highest BCUT2D eigenvalue weighted by molar-refractivity contribution is 6.19. The molecule has 11 aromatic rings. The van der Waals surface area contributed by atoms with Gasteiger partial charge in [0.1, 0.15) is 0 Å². The topological polar surface area (TPSA) is 9.86 Å². The molecule has 0 saturated heterocycles. The van der Waals surface area contributed by atoms with Crippen LogP contribution in [0.1, 0.15) is 0 Å². The van der Waals surface area contributed by atoms with E-state index in [1.165, 1.54) is 88.1 Å². The van der Waals surface area contributed by atoms with Gasteiger partial charge in [0.15, 0.2) is 0 Å². The second kappa shape index (κ2) is 13.2. The van der Waals surface area contributed by atoms with Gasteiger partial charge >= 0.3 is 0 Å². The summed E-state index contributed by atoms with van der Waals surface area (Å²) >= 11 is 0. The van der Waals surface area contributed by atoms with Crippen LogP contribution in [0.2, 0.25) is 0 Å². The Hall–Kier alpha value is -7.42. The summed E-state index contributed by atoms with van der Waals surface area (Å²) in [5, 5.41) is 4.94. The van der Waals surface area contributed by atoms with E-state index in [0.29, 0.717) is 0 Å². The Morgan fingerprint density at radius 3 is 1.09 bits per heavy atom. The lowest BCUT2D eigenvalue weighted by molar-refractivity contribution is 1.17. The predicted octanol–water partition coefficient (Wildman–Crippen LogP) is 14.5. The molecule has 0 fully saturated rings. The van der Waals surface area contributed by atoms with Crippen molar-refractivity contribution in [3.63, 3.8) is 0 Å². The first-order chi connectivity index (χ1) is 27.8. The maximum absolute atomic E-state index is 2.47. The van der Waals surface area contributed by atoms with Gasteiger partial charge in [0.25, 0.3) is 0 Å². The van der Waals surface area contributed by atoms with Crippen LogP contribution in [0.4, 0.5) is 0 Å². The minimum atomic E-state index is 1.14. The zero-order chi connectivity index (χ0) is 37.0. The van der Waals surface area contributed by atoms with Crippen LogP contribution in [-0.2, 0) is 0 Å². The molecule has 2 aromatic heterocycles. The fourth-order valence-electron chi connectivity index (χ4n) is 8.63. The van der Waals surface area contributed by atoms with E-state index in [1.54, 1.807) is 0 Å². The fraction of sp³-hybridized carbons (Fsp3) is 0. The number of hydrogen-bond acceptors (Lipinski definition) is 0. The van der Waals surface area contributed by atoms with Gasteiger partial charge in [-0.2, -0.15) is 0 Å². The molecule has 262 valence electrons. The molecule has 0 aliphatic heterocycles. The molecule has 0 bridgehead atoms. The smallest absolute Gasteiger partial charge is 0.0548 e. The molecule has 0 spiro atoms. The van der Waals surface area contributed by atoms with Crippen LogP contribution in [0.5, 0.6) is 0 Å². The molecule has 9 aromatic carbocycles. The summed E-state index contributed by atoms with van der Waals surface area (Å²) in [6.45, 7) is 0. The molecule has 0 unspecified atom stereocenters. The Balaban J connectivity index is 1.13. The van der Waals surface area contributed by atoms with E-state index in [2.05, 4.69) is 228 Å². The zero-order valence-corrected chi connectivity index (χ0v) is 30.7. The Labute approximate surface area is 325 Å². The first-order valence-corrected chi connectivity index (χ1v) is 19.3. The van der Waals surface area contributed by atoms with Gasteiger partial charge in [0.2, 0.25) is 0 Å². The lowest BCUT2D eigenvalue weighted by Gasteiger charge is -2.14. The van der Waals surface area contributed by atoms with Crippen molar-refractivity contribution in [3.05, 3.63) is 218 Å². The van der Waals surface area contributed by atoms with Crippen molar-refractivity contribution in [1.82, 2.24) is 9.13 Å². The maximum atomic E-state index is 2.47. The van der Waals surface area contributed by atoms with Crippen molar-refractivity contribution in [1.29, 1.82) is 0 Å². The van der Waals surface area contributed by atoms with E-state index < -0.39 is 0 Å². The number of nitrogens with zero attached hydrogens (tertiary/aromatic N) is 2. The van der Waals surface area contributed by atoms with Gasteiger partial charge < -0.3 is 9.13 Å². The Bertz CT molecular complexity index is 3150. The van der Waals surface area contributed by atoms with E-state index in [9.17, 15) is 0 Å². The molecule has 2 heterocycles. The van der Waals surface area contributed by atoms with Crippen molar-refractivity contribution in [2.75, 3.05) is 0 Å². The van der Waals surface area contributed by atoms with Crippen LogP contribution < -0.4 is 0 Å². The number of aromatic nitrogens is 2. The summed E-state index contributed by atoms with van der Waals surface area (Å²) in [7, 11) is 0. The molecule has 11 rings (SSSR count). The predicted molar refractivity (Wildman–Crippen MR) is 237 cm³/mol. The third kappa shape index (κ3) is 5.34. The largest absolute Gasteiger partial charge is 0.309 e. The number of benzene rings is 9. The molecule has 0 aliphatic rings. The SMILES string of the molecule is c1ccc(-c2ccc(-c3cccc(-n4c5ccccc5c5cc6c(cc54)c4ccccc4n6-c4cc(-c5ccccc5)cc(-c5ccccc5)c4)c3)cc2)cc1. The van der Waals surface area contributed by atoms with E-state index in [4.69, 9.17) is 0 Å². The summed E-state index contributed by atoms with van der Waals surface area (Å²) < 4.78 is 4.91. The van der Waals surface area contributed by atoms with Crippen molar-refractivity contribution in [2.24, 2.45) is 0 Å². The van der Waals surface area contributed by atoms with Gasteiger partial charge in [-0.15, -0.1) is 0 Å². The lowest BCUT2D eigenvalue weighted by Crippen LogP contribution is -1.96. The van der Waals surface area contributed by atoms with Gasteiger partial charge in [-0.25, -0.2) is 0 Å². The molecule has 0 aliphatic carbocycles. The normalized spacial score (nSPS) is 11.6. The second-order valence-corrected chi connectivity index (χ2v) is 14.6. The average molecular weight is 713 g/mol. The van der Waals surface area contributed by atoms with Crippen LogP contribution in [0.3, 0.4) is 0 Å². The molecule has 2 nitrogen and oxygen atoms in total. The van der Waals surface area contributed by atoms with Crippen molar-refractivity contribution >= 4 is 43.6 Å². The van der Waals surface area contributed by atoms with E-state index in [0.717, 1.165) is 11.4 Å². The van der Waals surface area contributed by atoms with E-state index >= 15 is 0 Å². The molecule has 0 radical (unpaired) electrons. The quantitative estimate of drug-likeness (QED) is 0.162. The Kier molecular flexibility index (Phi) is 7.53. The fourth-order valence-corrected chi connectivity index (χ4v) is 8.63. The minimum Gasteiger partial charge on any atom is -0.309 e. The molecule has 56 heavy (non-hydrogen) atoms. The molecule has 0 atom stereocenters. The highest BCUT2D eigenvalue weighted by atomic mass is 15.0. The third-order valence-electron chi connectivity index (χ3n) is 11.3. The summed E-state index contributed by atoms with van der Waals surface area (Å²) in [5.41, 5.74) is 16.7. The van der Waals surface area contributed by atoms with Crippen LogP contribution in [0.15, 0.2) is 218 Å². The first-order valence-electron chi connectivity index (χ1n) is 19.3. The van der Waals surface area contributed by atoms with E-state index in [1.807, 2.05) is 0 Å². The second-order valence-electron chi connectivity index (χ2n) is 14.6. The van der Waals surface area contributed by atoms with Crippen LogP contribution in [0, 0.1) is 0 Å². The van der Waals surface area contributed by atoms with Crippen LogP contribution in [0.25, 0.3) is 99.5 Å². The van der Waals surface area contributed by atoms with Crippen molar-refractivity contribution < 1.29 is 0 Å². The molecule has 0 amide bonds.